The van der Waals surface area contributed by atoms with Crippen LogP contribution in [0.3, 0.4) is 0 Å². The highest BCUT2D eigenvalue weighted by atomic mass is 19.4. The molecule has 0 radical (unpaired) electrons. The minimum atomic E-state index is -4.41. The van der Waals surface area contributed by atoms with Gasteiger partial charge in [-0.3, -0.25) is 9.59 Å². The van der Waals surface area contributed by atoms with Crippen molar-refractivity contribution in [3.05, 3.63) is 29.6 Å². The van der Waals surface area contributed by atoms with Crippen LogP contribution in [0.1, 0.15) is 16.8 Å². The number of alkyl halides is 3. The Balaban J connectivity index is 1.94. The summed E-state index contributed by atoms with van der Waals surface area (Å²) in [6, 6.07) is 3.33. The Morgan fingerprint density at radius 2 is 1.90 bits per heavy atom. The summed E-state index contributed by atoms with van der Waals surface area (Å²) in [5, 5.41) is 0. The second kappa shape index (κ2) is 5.80. The fourth-order valence-electron chi connectivity index (χ4n) is 2.00. The first-order valence-electron chi connectivity index (χ1n) is 6.10. The number of anilines is 1. The predicted octanol–water partition coefficient (Wildman–Crippen LogP) is 2.32. The third kappa shape index (κ3) is 3.57. The number of amides is 1. The molecule has 21 heavy (non-hydrogen) atoms. The largest absolute Gasteiger partial charge is 0.411 e. The Hall–Kier alpha value is -1.96. The average Bonchev–Trinajstić information content (AvgIpc) is 2.61. The van der Waals surface area contributed by atoms with Crippen LogP contribution in [0.25, 0.3) is 0 Å². The molecule has 4 nitrogen and oxygen atoms in total. The van der Waals surface area contributed by atoms with E-state index in [-0.39, 0.29) is 30.8 Å². The van der Waals surface area contributed by atoms with Gasteiger partial charge in [-0.15, -0.1) is 0 Å². The molecule has 1 aromatic rings. The highest BCUT2D eigenvalue weighted by Crippen LogP contribution is 2.29. The van der Waals surface area contributed by atoms with Gasteiger partial charge in [0.25, 0.3) is 11.7 Å². The minimum absolute atomic E-state index is 0.0150. The number of ketones is 1. The van der Waals surface area contributed by atoms with E-state index >= 15 is 0 Å². The van der Waals surface area contributed by atoms with E-state index in [0.29, 0.717) is 0 Å². The van der Waals surface area contributed by atoms with E-state index in [1.54, 1.807) is 0 Å². The third-order valence-electron chi connectivity index (χ3n) is 2.87. The summed E-state index contributed by atoms with van der Waals surface area (Å²) in [6.45, 7) is -1.61. The first kappa shape index (κ1) is 15.4. The Labute approximate surface area is 117 Å². The van der Waals surface area contributed by atoms with E-state index < -0.39 is 30.3 Å². The van der Waals surface area contributed by atoms with Crippen molar-refractivity contribution in [2.45, 2.75) is 12.6 Å². The fourth-order valence-corrected chi connectivity index (χ4v) is 2.00. The number of rotatable bonds is 5. The number of halogens is 4. The van der Waals surface area contributed by atoms with Gasteiger partial charge in [0.1, 0.15) is 12.4 Å². The standard InChI is InChI=1S/C13H11F4NO3/c14-8-2-3-9-10(6-8)18(12(20)11(9)19)4-1-5-21-7-13(15,16)17/h2-3,6H,1,4-5,7H2. The molecular formula is C13H11F4NO3. The van der Waals surface area contributed by atoms with Gasteiger partial charge in [-0.05, 0) is 24.6 Å². The summed E-state index contributed by atoms with van der Waals surface area (Å²) in [7, 11) is 0. The molecule has 0 aliphatic carbocycles. The van der Waals surface area contributed by atoms with E-state index in [9.17, 15) is 27.2 Å². The van der Waals surface area contributed by atoms with E-state index in [4.69, 9.17) is 0 Å². The molecule has 1 aromatic carbocycles. The predicted molar refractivity (Wildman–Crippen MR) is 64.6 cm³/mol. The number of hydrogen-bond donors (Lipinski definition) is 0. The maximum Gasteiger partial charge on any atom is 0.411 e. The van der Waals surface area contributed by atoms with Gasteiger partial charge in [0, 0.05) is 13.2 Å². The Morgan fingerprint density at radius 3 is 2.57 bits per heavy atom. The van der Waals surface area contributed by atoms with E-state index in [0.717, 1.165) is 17.0 Å². The summed E-state index contributed by atoms with van der Waals surface area (Å²) in [6.07, 6.45) is -4.31. The van der Waals surface area contributed by atoms with Crippen molar-refractivity contribution in [2.24, 2.45) is 0 Å². The molecule has 0 atom stereocenters. The molecule has 0 saturated carbocycles. The lowest BCUT2D eigenvalue weighted by Gasteiger charge is -2.16. The Morgan fingerprint density at radius 1 is 1.19 bits per heavy atom. The molecule has 1 amide bonds. The molecule has 2 rings (SSSR count). The molecule has 0 aromatic heterocycles. The van der Waals surface area contributed by atoms with Gasteiger partial charge in [-0.1, -0.05) is 0 Å². The van der Waals surface area contributed by atoms with Gasteiger partial charge in [-0.25, -0.2) is 4.39 Å². The van der Waals surface area contributed by atoms with Crippen molar-refractivity contribution >= 4 is 17.4 Å². The molecule has 114 valence electrons. The second-order valence-corrected chi connectivity index (χ2v) is 4.47. The summed E-state index contributed by atoms with van der Waals surface area (Å²) in [5.41, 5.74) is 0.235. The molecule has 8 heteroatoms. The summed E-state index contributed by atoms with van der Waals surface area (Å²) in [4.78, 5) is 24.4. The maximum atomic E-state index is 13.2. The SMILES string of the molecule is O=C1C(=O)N(CCCOCC(F)(F)F)c2cc(F)ccc21. The Bertz CT molecular complexity index is 571. The minimum Gasteiger partial charge on any atom is -0.372 e. The van der Waals surface area contributed by atoms with Crippen molar-refractivity contribution in [3.8, 4) is 0 Å². The number of benzene rings is 1. The lowest BCUT2D eigenvalue weighted by atomic mass is 10.1. The van der Waals surface area contributed by atoms with Crippen molar-refractivity contribution < 1.29 is 31.9 Å². The molecule has 1 aliphatic rings. The van der Waals surface area contributed by atoms with Crippen LogP contribution in [0, 0.1) is 5.82 Å². The first-order chi connectivity index (χ1) is 9.79. The maximum absolute atomic E-state index is 13.2. The number of ether oxygens (including phenoxy) is 1. The van der Waals surface area contributed by atoms with Gasteiger partial charge < -0.3 is 9.64 Å². The lowest BCUT2D eigenvalue weighted by molar-refractivity contribution is -0.173. The molecule has 0 bridgehead atoms. The molecule has 0 spiro atoms. The fraction of sp³-hybridized carbons (Fsp3) is 0.385. The smallest absolute Gasteiger partial charge is 0.372 e. The van der Waals surface area contributed by atoms with Crippen molar-refractivity contribution in [2.75, 3.05) is 24.7 Å². The zero-order chi connectivity index (χ0) is 15.6. The second-order valence-electron chi connectivity index (χ2n) is 4.47. The number of carbonyl (C=O) groups is 2. The molecule has 0 unspecified atom stereocenters. The number of nitrogens with zero attached hydrogens (tertiary/aromatic N) is 1. The third-order valence-corrected chi connectivity index (χ3v) is 2.87. The van der Waals surface area contributed by atoms with E-state index in [1.165, 1.54) is 6.07 Å². The molecule has 0 N–H and O–H groups in total. The van der Waals surface area contributed by atoms with Gasteiger partial charge in [0.05, 0.1) is 11.3 Å². The van der Waals surface area contributed by atoms with E-state index in [2.05, 4.69) is 4.74 Å². The van der Waals surface area contributed by atoms with Gasteiger partial charge in [-0.2, -0.15) is 13.2 Å². The van der Waals surface area contributed by atoms with Gasteiger partial charge in [0.15, 0.2) is 0 Å². The van der Waals surface area contributed by atoms with Crippen molar-refractivity contribution in [1.29, 1.82) is 0 Å². The highest BCUT2D eigenvalue weighted by molar-refractivity contribution is 6.52. The topological polar surface area (TPSA) is 46.6 Å². The van der Waals surface area contributed by atoms with Crippen LogP contribution in [0.2, 0.25) is 0 Å². The van der Waals surface area contributed by atoms with Crippen LogP contribution >= 0.6 is 0 Å². The number of Topliss-reactive ketones (excluding diaryl/α,β-unsaturated/α-hetero) is 1. The van der Waals surface area contributed by atoms with Crippen LogP contribution < -0.4 is 4.90 Å². The molecule has 0 fully saturated rings. The Kier molecular flexibility index (Phi) is 4.26. The van der Waals surface area contributed by atoms with Crippen LogP contribution in [0.15, 0.2) is 18.2 Å². The zero-order valence-electron chi connectivity index (χ0n) is 10.7. The summed E-state index contributed by atoms with van der Waals surface area (Å²) < 4.78 is 53.2. The number of hydrogen-bond acceptors (Lipinski definition) is 3. The first-order valence-corrected chi connectivity index (χ1v) is 6.10. The highest BCUT2D eigenvalue weighted by Gasteiger charge is 2.35. The lowest BCUT2D eigenvalue weighted by Crippen LogP contribution is -2.31. The molecule has 0 saturated heterocycles. The number of fused-ring (bicyclic) bond motifs is 1. The van der Waals surface area contributed by atoms with Crippen LogP contribution in [-0.4, -0.2) is 37.6 Å². The van der Waals surface area contributed by atoms with Crippen LogP contribution in [0.4, 0.5) is 23.2 Å². The summed E-state index contributed by atoms with van der Waals surface area (Å²) in [5.74, 6) is -2.16. The average molecular weight is 305 g/mol. The monoisotopic (exact) mass is 305 g/mol. The van der Waals surface area contributed by atoms with Crippen LogP contribution in [0.5, 0.6) is 0 Å². The van der Waals surface area contributed by atoms with Crippen molar-refractivity contribution in [1.82, 2.24) is 0 Å². The number of carbonyl (C=O) groups excluding carboxylic acids is 2. The normalized spacial score (nSPS) is 14.8. The quantitative estimate of drug-likeness (QED) is 0.476. The zero-order valence-corrected chi connectivity index (χ0v) is 10.7. The molecule has 1 heterocycles. The van der Waals surface area contributed by atoms with E-state index in [1.807, 2.05) is 0 Å². The van der Waals surface area contributed by atoms with Gasteiger partial charge in [0.2, 0.25) is 0 Å². The molecular weight excluding hydrogens is 294 g/mol. The van der Waals surface area contributed by atoms with Gasteiger partial charge >= 0.3 is 6.18 Å². The summed E-state index contributed by atoms with van der Waals surface area (Å²) >= 11 is 0. The van der Waals surface area contributed by atoms with Crippen molar-refractivity contribution in [3.63, 3.8) is 0 Å². The molecule has 1 aliphatic heterocycles. The van der Waals surface area contributed by atoms with Crippen LogP contribution in [-0.2, 0) is 9.53 Å².